The fourth-order valence-electron chi connectivity index (χ4n) is 2.68. The average Bonchev–Trinajstić information content (AvgIpc) is 2.94. The van der Waals surface area contributed by atoms with Gasteiger partial charge in [-0.05, 0) is 32.4 Å². The molecule has 1 heterocycles. The summed E-state index contributed by atoms with van der Waals surface area (Å²) in [6.45, 7) is 5.46. The van der Waals surface area contributed by atoms with Crippen LogP contribution >= 0.6 is 0 Å². The Labute approximate surface area is 142 Å². The second-order valence-electron chi connectivity index (χ2n) is 6.10. The van der Waals surface area contributed by atoms with Gasteiger partial charge < -0.3 is 5.32 Å². The van der Waals surface area contributed by atoms with E-state index in [2.05, 4.69) is 10.2 Å². The zero-order valence-corrected chi connectivity index (χ0v) is 14.4. The van der Waals surface area contributed by atoms with Crippen LogP contribution < -0.4 is 5.32 Å². The van der Waals surface area contributed by atoms with Crippen molar-refractivity contribution in [3.8, 4) is 0 Å². The van der Waals surface area contributed by atoms with Crippen molar-refractivity contribution >= 4 is 21.2 Å². The first-order valence-corrected chi connectivity index (χ1v) is 9.02. The quantitative estimate of drug-likeness (QED) is 0.623. The molecule has 0 radical (unpaired) electrons. The molecule has 0 amide bonds. The normalized spacial score (nSPS) is 19.4. The van der Waals surface area contributed by atoms with Crippen LogP contribution in [0.1, 0.15) is 20.3 Å². The smallest absolute Gasteiger partial charge is 0.375 e. The van der Waals surface area contributed by atoms with Crippen molar-refractivity contribution in [3.05, 3.63) is 28.3 Å². The Kier molecular flexibility index (Phi) is 5.28. The van der Waals surface area contributed by atoms with Gasteiger partial charge in [0.15, 0.2) is 0 Å². The number of hydrogen-bond donors (Lipinski definition) is 1. The van der Waals surface area contributed by atoms with E-state index in [0.717, 1.165) is 25.1 Å². The molecule has 0 saturated carbocycles. The first kappa shape index (κ1) is 19.4. The summed E-state index contributed by atoms with van der Waals surface area (Å²) >= 11 is 0. The molecule has 0 aliphatic carbocycles. The lowest BCUT2D eigenvalue weighted by molar-refractivity contribution is -0.384. The highest BCUT2D eigenvalue weighted by molar-refractivity contribution is 7.92. The van der Waals surface area contributed by atoms with Crippen molar-refractivity contribution in [3.63, 3.8) is 0 Å². The molecule has 2 rings (SSSR count). The third-order valence-electron chi connectivity index (χ3n) is 4.09. The van der Waals surface area contributed by atoms with E-state index in [1.54, 1.807) is 0 Å². The van der Waals surface area contributed by atoms with Gasteiger partial charge in [-0.25, -0.2) is 8.42 Å². The van der Waals surface area contributed by atoms with Crippen LogP contribution in [0.2, 0.25) is 0 Å². The van der Waals surface area contributed by atoms with E-state index in [1.165, 1.54) is 0 Å². The number of rotatable bonds is 5. The molecule has 1 fully saturated rings. The molecule has 25 heavy (non-hydrogen) atoms. The minimum Gasteiger partial charge on any atom is -0.375 e. The number of nitro benzene ring substituents is 1. The van der Waals surface area contributed by atoms with Gasteiger partial charge >= 0.3 is 5.51 Å². The Balaban J connectivity index is 2.31. The molecule has 1 saturated heterocycles. The van der Waals surface area contributed by atoms with E-state index in [0.29, 0.717) is 18.7 Å². The summed E-state index contributed by atoms with van der Waals surface area (Å²) in [5, 5.41) is 14.1. The Morgan fingerprint density at radius 2 is 2.00 bits per heavy atom. The Morgan fingerprint density at radius 3 is 2.48 bits per heavy atom. The predicted molar refractivity (Wildman–Crippen MR) is 85.1 cm³/mol. The first-order valence-electron chi connectivity index (χ1n) is 7.54. The second kappa shape index (κ2) is 6.79. The van der Waals surface area contributed by atoms with Gasteiger partial charge in [-0.2, -0.15) is 13.2 Å². The van der Waals surface area contributed by atoms with Crippen LogP contribution in [0, 0.1) is 10.1 Å². The highest BCUT2D eigenvalue weighted by Gasteiger charge is 2.47. The summed E-state index contributed by atoms with van der Waals surface area (Å²) in [5.41, 5.74) is -6.21. The third kappa shape index (κ3) is 4.03. The number of nitro groups is 1. The maximum absolute atomic E-state index is 12.6. The van der Waals surface area contributed by atoms with E-state index >= 15 is 0 Å². The maximum Gasteiger partial charge on any atom is 0.501 e. The number of nitrogens with one attached hydrogen (secondary N) is 1. The minimum absolute atomic E-state index is 0.00160. The molecule has 1 aliphatic rings. The summed E-state index contributed by atoms with van der Waals surface area (Å²) in [6.07, 6.45) is 0.720. The molecule has 0 bridgehead atoms. The van der Waals surface area contributed by atoms with E-state index in [4.69, 9.17) is 0 Å². The van der Waals surface area contributed by atoms with Gasteiger partial charge in [-0.3, -0.25) is 15.0 Å². The van der Waals surface area contributed by atoms with Gasteiger partial charge in [0.1, 0.15) is 5.69 Å². The number of alkyl halides is 3. The SMILES string of the molecule is CC(C)N1CC[C@@H](Nc2ccc(S(=O)(=O)C(F)(F)F)cc2[N+](=O)[O-])C1. The highest BCUT2D eigenvalue weighted by Crippen LogP contribution is 2.35. The molecule has 1 atom stereocenters. The van der Waals surface area contributed by atoms with Crippen molar-refractivity contribution in [1.82, 2.24) is 4.90 Å². The molecule has 1 aromatic rings. The lowest BCUT2D eigenvalue weighted by atomic mass is 10.2. The highest BCUT2D eigenvalue weighted by atomic mass is 32.2. The number of anilines is 1. The van der Waals surface area contributed by atoms with Gasteiger partial charge in [0.25, 0.3) is 15.5 Å². The molecule has 1 N–H and O–H groups in total. The van der Waals surface area contributed by atoms with E-state index in [1.807, 2.05) is 13.8 Å². The molecule has 7 nitrogen and oxygen atoms in total. The van der Waals surface area contributed by atoms with Crippen LogP contribution in [-0.2, 0) is 9.84 Å². The molecule has 140 valence electrons. The molecule has 1 aliphatic heterocycles. The van der Waals surface area contributed by atoms with Gasteiger partial charge in [0, 0.05) is 31.2 Å². The zero-order chi connectivity index (χ0) is 19.0. The Morgan fingerprint density at radius 1 is 1.36 bits per heavy atom. The van der Waals surface area contributed by atoms with Gasteiger partial charge in [0.05, 0.1) is 9.82 Å². The van der Waals surface area contributed by atoms with E-state index in [9.17, 15) is 31.7 Å². The molecule has 11 heteroatoms. The van der Waals surface area contributed by atoms with Crippen LogP contribution in [0.25, 0.3) is 0 Å². The van der Waals surface area contributed by atoms with Gasteiger partial charge in [0.2, 0.25) is 0 Å². The third-order valence-corrected chi connectivity index (χ3v) is 5.57. The standard InChI is InChI=1S/C14H18F3N3O4S/c1-9(2)19-6-5-10(8-19)18-12-4-3-11(7-13(12)20(21)22)25(23,24)14(15,16)17/h3-4,7,9-10,18H,5-6,8H2,1-2H3/t10-/m1/s1. The molecule has 0 spiro atoms. The van der Waals surface area contributed by atoms with E-state index < -0.39 is 30.9 Å². The number of likely N-dealkylation sites (tertiary alicyclic amines) is 1. The Hall–Kier alpha value is -1.88. The summed E-state index contributed by atoms with van der Waals surface area (Å²) < 4.78 is 60.7. The van der Waals surface area contributed by atoms with Gasteiger partial charge in [-0.1, -0.05) is 0 Å². The first-order chi connectivity index (χ1) is 11.4. The van der Waals surface area contributed by atoms with Crippen molar-refractivity contribution < 1.29 is 26.5 Å². The summed E-state index contributed by atoms with van der Waals surface area (Å²) in [7, 11) is -5.64. The van der Waals surface area contributed by atoms with Crippen LogP contribution in [0.4, 0.5) is 24.5 Å². The second-order valence-corrected chi connectivity index (χ2v) is 8.05. The van der Waals surface area contributed by atoms with Crippen LogP contribution in [0.15, 0.2) is 23.1 Å². The van der Waals surface area contributed by atoms with Crippen molar-refractivity contribution in [1.29, 1.82) is 0 Å². The lowest BCUT2D eigenvalue weighted by Crippen LogP contribution is -2.31. The molecular weight excluding hydrogens is 363 g/mol. The van der Waals surface area contributed by atoms with Crippen LogP contribution in [-0.4, -0.2) is 48.9 Å². The number of nitrogens with zero attached hydrogens (tertiary/aromatic N) is 2. The number of halogens is 3. The van der Waals surface area contributed by atoms with Crippen molar-refractivity contribution in [2.24, 2.45) is 0 Å². The summed E-state index contributed by atoms with van der Waals surface area (Å²) in [6, 6.07) is 2.38. The molecule has 0 aromatic heterocycles. The van der Waals surface area contributed by atoms with Gasteiger partial charge in [-0.15, -0.1) is 0 Å². The largest absolute Gasteiger partial charge is 0.501 e. The van der Waals surface area contributed by atoms with Crippen LogP contribution in [0.5, 0.6) is 0 Å². The number of sulfone groups is 1. The van der Waals surface area contributed by atoms with Crippen molar-refractivity contribution in [2.45, 2.75) is 42.8 Å². The lowest BCUT2D eigenvalue weighted by Gasteiger charge is -2.21. The average molecular weight is 381 g/mol. The van der Waals surface area contributed by atoms with E-state index in [-0.39, 0.29) is 11.7 Å². The summed E-state index contributed by atoms with van der Waals surface area (Å²) in [5.74, 6) is 0. The molecule has 1 aromatic carbocycles. The monoisotopic (exact) mass is 381 g/mol. The van der Waals surface area contributed by atoms with Crippen molar-refractivity contribution in [2.75, 3.05) is 18.4 Å². The fraction of sp³-hybridized carbons (Fsp3) is 0.571. The number of benzene rings is 1. The molecule has 0 unspecified atom stereocenters. The minimum atomic E-state index is -5.64. The topological polar surface area (TPSA) is 92.6 Å². The predicted octanol–water partition coefficient (Wildman–Crippen LogP) is 2.78. The Bertz CT molecular complexity index is 765. The number of hydrogen-bond acceptors (Lipinski definition) is 6. The maximum atomic E-state index is 12.6. The summed E-state index contributed by atoms with van der Waals surface area (Å²) in [4.78, 5) is 11.3. The van der Waals surface area contributed by atoms with Crippen LogP contribution in [0.3, 0.4) is 0 Å². The molecular formula is C14H18F3N3O4S. The fourth-order valence-corrected chi connectivity index (χ4v) is 3.46. The zero-order valence-electron chi connectivity index (χ0n) is 13.6.